The van der Waals surface area contributed by atoms with E-state index in [1.807, 2.05) is 12.1 Å². The first-order valence-electron chi connectivity index (χ1n) is 5.76. The highest BCUT2D eigenvalue weighted by Crippen LogP contribution is 2.23. The zero-order valence-electron chi connectivity index (χ0n) is 9.81. The Hall–Kier alpha value is -1.26. The molecule has 1 atom stereocenters. The van der Waals surface area contributed by atoms with Gasteiger partial charge in [-0.1, -0.05) is 15.9 Å². The predicted octanol–water partition coefficient (Wildman–Crippen LogP) is 3.62. The van der Waals surface area contributed by atoms with E-state index >= 15 is 0 Å². The molecule has 2 rings (SSSR count). The molecule has 1 heterocycles. The molecule has 0 spiro atoms. The Balaban J connectivity index is 2.03. The summed E-state index contributed by atoms with van der Waals surface area (Å²) in [6, 6.07) is 8.45. The molecule has 0 aliphatic rings. The van der Waals surface area contributed by atoms with Crippen LogP contribution in [0.2, 0.25) is 0 Å². The Kier molecular flexibility index (Phi) is 4.44. The molecule has 0 fully saturated rings. The van der Waals surface area contributed by atoms with E-state index in [1.165, 1.54) is 6.07 Å². The normalized spacial score (nSPS) is 12.4. The van der Waals surface area contributed by atoms with E-state index < -0.39 is 0 Å². The van der Waals surface area contributed by atoms with Crippen molar-refractivity contribution in [1.29, 1.82) is 0 Å². The first-order chi connectivity index (χ1) is 8.66. The van der Waals surface area contributed by atoms with Gasteiger partial charge < -0.3 is 5.73 Å². The van der Waals surface area contributed by atoms with Crippen LogP contribution in [-0.2, 0) is 6.42 Å². The van der Waals surface area contributed by atoms with Crippen LogP contribution in [0.4, 0.5) is 4.39 Å². The number of pyridine rings is 1. The van der Waals surface area contributed by atoms with Gasteiger partial charge in [-0.05, 0) is 48.7 Å². The van der Waals surface area contributed by atoms with Crippen molar-refractivity contribution in [3.63, 3.8) is 0 Å². The average Bonchev–Trinajstić information content (AvgIpc) is 2.40. The number of aromatic nitrogens is 1. The smallest absolute Gasteiger partial charge is 0.128 e. The lowest BCUT2D eigenvalue weighted by atomic mass is 10.00. The molecule has 2 nitrogen and oxygen atoms in total. The Morgan fingerprint density at radius 1 is 1.22 bits per heavy atom. The second-order valence-corrected chi connectivity index (χ2v) is 5.08. The quantitative estimate of drug-likeness (QED) is 0.937. The van der Waals surface area contributed by atoms with Crippen LogP contribution in [0.25, 0.3) is 0 Å². The number of hydrogen-bond acceptors (Lipinski definition) is 2. The largest absolute Gasteiger partial charge is 0.324 e. The van der Waals surface area contributed by atoms with Gasteiger partial charge in [0.25, 0.3) is 0 Å². The molecule has 18 heavy (non-hydrogen) atoms. The Bertz CT molecular complexity index is 516. The zero-order valence-corrected chi connectivity index (χ0v) is 11.4. The maximum Gasteiger partial charge on any atom is 0.128 e. The van der Waals surface area contributed by atoms with Crippen molar-refractivity contribution < 1.29 is 4.39 Å². The predicted molar refractivity (Wildman–Crippen MR) is 73.6 cm³/mol. The van der Waals surface area contributed by atoms with E-state index in [2.05, 4.69) is 20.9 Å². The van der Waals surface area contributed by atoms with Crippen molar-refractivity contribution in [2.75, 3.05) is 0 Å². The van der Waals surface area contributed by atoms with Gasteiger partial charge in [0.2, 0.25) is 0 Å². The van der Waals surface area contributed by atoms with Gasteiger partial charge in [-0.25, -0.2) is 4.39 Å². The summed E-state index contributed by atoms with van der Waals surface area (Å²) < 4.78 is 14.5. The molecule has 1 aromatic carbocycles. The van der Waals surface area contributed by atoms with Crippen LogP contribution < -0.4 is 5.73 Å². The third-order valence-corrected chi connectivity index (χ3v) is 3.34. The summed E-state index contributed by atoms with van der Waals surface area (Å²) in [5, 5.41) is 0. The maximum absolute atomic E-state index is 13.6. The molecule has 94 valence electrons. The van der Waals surface area contributed by atoms with Crippen molar-refractivity contribution >= 4 is 15.9 Å². The molecule has 0 saturated carbocycles. The minimum atomic E-state index is -0.296. The van der Waals surface area contributed by atoms with E-state index in [0.717, 1.165) is 16.5 Å². The molecular formula is C14H14BrFN2. The van der Waals surface area contributed by atoms with Gasteiger partial charge in [-0.15, -0.1) is 0 Å². The Labute approximate surface area is 114 Å². The number of nitrogens with zero attached hydrogens (tertiary/aromatic N) is 1. The highest BCUT2D eigenvalue weighted by atomic mass is 79.9. The summed E-state index contributed by atoms with van der Waals surface area (Å²) >= 11 is 3.33. The molecule has 0 aliphatic carbocycles. The van der Waals surface area contributed by atoms with E-state index in [0.29, 0.717) is 12.0 Å². The summed E-state index contributed by atoms with van der Waals surface area (Å²) in [5.41, 5.74) is 7.75. The first kappa shape index (κ1) is 13.2. The number of halogens is 2. The van der Waals surface area contributed by atoms with E-state index in [9.17, 15) is 4.39 Å². The van der Waals surface area contributed by atoms with E-state index in [-0.39, 0.29) is 11.9 Å². The fourth-order valence-corrected chi connectivity index (χ4v) is 2.20. The SMILES string of the molecule is NC(CCc1ccncc1)c1cc(Br)ccc1F. The number of benzene rings is 1. The molecule has 0 saturated heterocycles. The summed E-state index contributed by atoms with van der Waals surface area (Å²) in [6.45, 7) is 0. The van der Waals surface area contributed by atoms with Crippen LogP contribution >= 0.6 is 15.9 Å². The maximum atomic E-state index is 13.6. The molecule has 0 bridgehead atoms. The Morgan fingerprint density at radius 2 is 1.94 bits per heavy atom. The van der Waals surface area contributed by atoms with Crippen molar-refractivity contribution in [3.05, 3.63) is 64.1 Å². The highest BCUT2D eigenvalue weighted by Gasteiger charge is 2.11. The molecule has 1 unspecified atom stereocenters. The highest BCUT2D eigenvalue weighted by molar-refractivity contribution is 9.10. The second kappa shape index (κ2) is 6.07. The first-order valence-corrected chi connectivity index (χ1v) is 6.55. The van der Waals surface area contributed by atoms with Crippen LogP contribution in [-0.4, -0.2) is 4.98 Å². The Morgan fingerprint density at radius 3 is 2.67 bits per heavy atom. The van der Waals surface area contributed by atoms with Crippen LogP contribution in [0, 0.1) is 5.82 Å². The van der Waals surface area contributed by atoms with Crippen molar-refractivity contribution in [3.8, 4) is 0 Å². The molecule has 4 heteroatoms. The average molecular weight is 309 g/mol. The van der Waals surface area contributed by atoms with Gasteiger partial charge >= 0.3 is 0 Å². The minimum Gasteiger partial charge on any atom is -0.324 e. The molecule has 2 aromatic rings. The summed E-state index contributed by atoms with van der Waals surface area (Å²) in [7, 11) is 0. The molecule has 2 N–H and O–H groups in total. The van der Waals surface area contributed by atoms with Gasteiger partial charge in [0, 0.05) is 28.5 Å². The van der Waals surface area contributed by atoms with Crippen LogP contribution in [0.15, 0.2) is 47.2 Å². The molecule has 0 radical (unpaired) electrons. The molecule has 1 aromatic heterocycles. The lowest BCUT2D eigenvalue weighted by molar-refractivity contribution is 0.563. The second-order valence-electron chi connectivity index (χ2n) is 4.17. The number of hydrogen-bond donors (Lipinski definition) is 1. The van der Waals surface area contributed by atoms with Crippen molar-refractivity contribution in [2.45, 2.75) is 18.9 Å². The fraction of sp³-hybridized carbons (Fsp3) is 0.214. The molecule has 0 amide bonds. The van der Waals surface area contributed by atoms with Crippen molar-refractivity contribution in [2.24, 2.45) is 5.73 Å². The molecular weight excluding hydrogens is 295 g/mol. The van der Waals surface area contributed by atoms with E-state index in [4.69, 9.17) is 5.73 Å². The monoisotopic (exact) mass is 308 g/mol. The number of nitrogens with two attached hydrogens (primary N) is 1. The van der Waals surface area contributed by atoms with E-state index in [1.54, 1.807) is 24.5 Å². The molecule has 0 aliphatic heterocycles. The topological polar surface area (TPSA) is 38.9 Å². The third-order valence-electron chi connectivity index (χ3n) is 2.85. The van der Waals surface area contributed by atoms with Gasteiger partial charge in [-0.2, -0.15) is 0 Å². The third kappa shape index (κ3) is 3.37. The van der Waals surface area contributed by atoms with Crippen LogP contribution in [0.1, 0.15) is 23.6 Å². The minimum absolute atomic E-state index is 0.250. The number of aryl methyl sites for hydroxylation is 1. The van der Waals surface area contributed by atoms with Gasteiger partial charge in [-0.3, -0.25) is 4.98 Å². The van der Waals surface area contributed by atoms with Gasteiger partial charge in [0.15, 0.2) is 0 Å². The number of rotatable bonds is 4. The summed E-state index contributed by atoms with van der Waals surface area (Å²) in [5.74, 6) is -0.250. The fourth-order valence-electron chi connectivity index (χ4n) is 1.83. The van der Waals surface area contributed by atoms with Crippen LogP contribution in [0.3, 0.4) is 0 Å². The lowest BCUT2D eigenvalue weighted by Gasteiger charge is -2.13. The standard InChI is InChI=1S/C14H14BrFN2/c15-11-2-3-13(16)12(9-11)14(17)4-1-10-5-7-18-8-6-10/h2-3,5-9,14H,1,4,17H2. The lowest BCUT2D eigenvalue weighted by Crippen LogP contribution is -2.13. The summed E-state index contributed by atoms with van der Waals surface area (Å²) in [4.78, 5) is 3.96. The van der Waals surface area contributed by atoms with Gasteiger partial charge in [0.05, 0.1) is 0 Å². The van der Waals surface area contributed by atoms with Gasteiger partial charge in [0.1, 0.15) is 5.82 Å². The zero-order chi connectivity index (χ0) is 13.0. The van der Waals surface area contributed by atoms with Crippen molar-refractivity contribution in [1.82, 2.24) is 4.98 Å². The summed E-state index contributed by atoms with van der Waals surface area (Å²) in [6.07, 6.45) is 5.02. The van der Waals surface area contributed by atoms with Crippen LogP contribution in [0.5, 0.6) is 0 Å².